The Kier molecular flexibility index (Phi) is 24.9. The average molecular weight is 1350 g/mol. The van der Waals surface area contributed by atoms with Crippen LogP contribution >= 0.6 is 0 Å². The van der Waals surface area contributed by atoms with Crippen LogP contribution < -0.4 is 23.7 Å². The predicted molar refractivity (Wildman–Crippen MR) is 404 cm³/mol. The lowest BCUT2D eigenvalue weighted by Gasteiger charge is -2.40. The van der Waals surface area contributed by atoms with Crippen molar-refractivity contribution < 1.29 is 28.5 Å². The van der Waals surface area contributed by atoms with E-state index in [9.17, 15) is 4.79 Å². The molecule has 12 aliphatic rings. The highest BCUT2D eigenvalue weighted by Gasteiger charge is 2.46. The summed E-state index contributed by atoms with van der Waals surface area (Å²) in [7, 11) is 8.82. The van der Waals surface area contributed by atoms with Gasteiger partial charge in [0.15, 0.2) is 5.78 Å². The first-order chi connectivity index (χ1) is 48.3. The predicted octanol–water partition coefficient (Wildman–Crippen LogP) is 19.3. The molecule has 4 aromatic rings. The molecule has 0 spiro atoms. The van der Waals surface area contributed by atoms with Crippen LogP contribution in [0.2, 0.25) is 0 Å². The number of likely N-dealkylation sites (tertiary alicyclic amines) is 4. The van der Waals surface area contributed by atoms with Crippen LogP contribution in [-0.2, 0) is 0 Å². The molecule has 12 atom stereocenters. The number of hydrogen-bond donors (Lipinski definition) is 0. The van der Waals surface area contributed by atoms with E-state index >= 15 is 0 Å². The summed E-state index contributed by atoms with van der Waals surface area (Å²) < 4.78 is 27.9. The highest BCUT2D eigenvalue weighted by Crippen LogP contribution is 2.52. The first-order valence-electron chi connectivity index (χ1n) is 40.5. The molecule has 4 aromatic carbocycles. The van der Waals surface area contributed by atoms with Gasteiger partial charge in [-0.05, 0) is 328 Å². The van der Waals surface area contributed by atoms with Gasteiger partial charge in [-0.1, -0.05) is 102 Å². The number of hydrogen-bond acceptors (Lipinski definition) is 10. The Morgan fingerprint density at radius 2 is 0.818 bits per heavy atom. The van der Waals surface area contributed by atoms with Crippen LogP contribution in [0.3, 0.4) is 0 Å². The van der Waals surface area contributed by atoms with Crippen molar-refractivity contribution in [1.82, 2.24) is 19.6 Å². The maximum absolute atomic E-state index is 12.4. The molecule has 7 unspecified atom stereocenters. The van der Waals surface area contributed by atoms with Crippen molar-refractivity contribution in [2.75, 3.05) is 87.9 Å². The standard InChI is InChI=1S/C25H35NO.C23H33NO2.C21H31NO.C20H29NO2/c1-18(2)5-4-6-19-8-10-25(27-3)23(16-19)21-11-13-26(14-12-21)24-17-20-7-9-22(24)15-20;1-15(2)23(25)19-6-7-22(26-3)20(14-19)17-8-10-24(11-9-17)21-13-16-4-5-18(21)12-16;1-23-21-8-3-2-6-19(21)17-11-13-22(14-12-17)20-7-4-5-16-9-10-18(20)15-16;1-22-17-5-6-18(20(13-17)23-2)15-7-9-21(10-8-15)19-12-14-3-4-16(19)11-14/h8,10,16,18,20-22,24H,5,7,9,11-15,17H2,1-3H3;6-7,14-18,21H,4-5,8-13H2,1-3H3;2-3,6,8,16-18,20H,4-5,7,9-15H2,1H3;5-6,13-16,19H,3-4,7-12H2,1-2H3/t20-,22?,24-;16-,18?,21-;;14-,16?,19?/m00.0/s1. The zero-order valence-electron chi connectivity index (χ0n) is 62.9. The minimum absolute atomic E-state index is 0.0379. The van der Waals surface area contributed by atoms with Gasteiger partial charge in [0.2, 0.25) is 0 Å². The van der Waals surface area contributed by atoms with Crippen molar-refractivity contribution in [2.45, 2.75) is 249 Å². The Morgan fingerprint density at radius 1 is 0.394 bits per heavy atom. The van der Waals surface area contributed by atoms with Crippen LogP contribution in [0.25, 0.3) is 0 Å². The summed E-state index contributed by atoms with van der Waals surface area (Å²) in [6, 6.07) is 31.0. The number of carbonyl (C=O) groups excluding carboxylic acids is 1. The molecule has 0 amide bonds. The maximum Gasteiger partial charge on any atom is 0.165 e. The van der Waals surface area contributed by atoms with Crippen molar-refractivity contribution in [1.29, 1.82) is 0 Å². The number of methoxy groups -OCH3 is 5. The molecule has 12 fully saturated rings. The number of rotatable bonds is 16. The fourth-order valence-corrected chi connectivity index (χ4v) is 22.4. The van der Waals surface area contributed by atoms with Crippen LogP contribution in [-0.4, -0.2) is 137 Å². The van der Waals surface area contributed by atoms with E-state index in [-0.39, 0.29) is 11.7 Å². The molecular weight excluding hydrogens is 1220 g/mol. The number of fused-ring (bicyclic) bond motifs is 8. The number of carbonyl (C=O) groups is 1. The number of piperidine rings is 4. The lowest BCUT2D eigenvalue weighted by atomic mass is 9.85. The number of benzene rings is 4. The number of Topliss-reactive ketones (excluding diaryl/α,β-unsaturated/α-hetero) is 1. The Balaban J connectivity index is 0.000000119. The van der Waals surface area contributed by atoms with Gasteiger partial charge < -0.3 is 43.3 Å². The Hall–Kier alpha value is -5.05. The highest BCUT2D eigenvalue weighted by molar-refractivity contribution is 5.97. The number of ether oxygens (including phenoxy) is 5. The Bertz CT molecular complexity index is 3300. The molecule has 0 aromatic heterocycles. The van der Waals surface area contributed by atoms with Crippen molar-refractivity contribution >= 4 is 5.78 Å². The molecule has 10 heteroatoms. The molecule has 99 heavy (non-hydrogen) atoms. The second-order valence-electron chi connectivity index (χ2n) is 34.1. The van der Waals surface area contributed by atoms with Gasteiger partial charge in [-0.15, -0.1) is 0 Å². The van der Waals surface area contributed by atoms with Gasteiger partial charge >= 0.3 is 0 Å². The average Bonchev–Trinajstić information content (AvgIpc) is 1.73. The lowest BCUT2D eigenvalue weighted by molar-refractivity contribution is 0.0938. The van der Waals surface area contributed by atoms with E-state index in [0.717, 1.165) is 118 Å². The van der Waals surface area contributed by atoms with E-state index in [0.29, 0.717) is 29.6 Å². The third kappa shape index (κ3) is 17.3. The fraction of sp³-hybridized carbons (Fsp3) is 0.697. The normalized spacial score (nSPS) is 30.4. The SMILES string of the molecule is COc1ccc(C#CCC(C)C)cc1C1CCN([C@H]2C[C@H]3CCC2C3)CC1.COc1ccc(C(=O)C(C)C)cc1C1CCN([C@H]2C[C@H]3CCC2C3)CC1.COc1ccc(C2CCN(C3C[C@H]4CCC3C4)CC2)c(OC)c1.COc1ccccc1C1CCN(C2CCCC3CCC2C3)CC1. The van der Waals surface area contributed by atoms with E-state index in [4.69, 9.17) is 23.7 Å². The Labute approximate surface area is 599 Å². The van der Waals surface area contributed by atoms with Crippen LogP contribution in [0.1, 0.15) is 263 Å². The second kappa shape index (κ2) is 34.0. The second-order valence-corrected chi connectivity index (χ2v) is 34.1. The van der Waals surface area contributed by atoms with Crippen molar-refractivity contribution in [2.24, 2.45) is 59.2 Å². The van der Waals surface area contributed by atoms with E-state index in [1.165, 1.54) is 242 Å². The molecule has 4 saturated heterocycles. The van der Waals surface area contributed by atoms with Crippen molar-refractivity contribution in [3.8, 4) is 40.6 Å². The summed E-state index contributed by atoms with van der Waals surface area (Å²) in [5.41, 5.74) is 7.39. The summed E-state index contributed by atoms with van der Waals surface area (Å²) in [6.45, 7) is 18.4. The summed E-state index contributed by atoms with van der Waals surface area (Å²) in [6.07, 6.45) is 37.7. The molecule has 8 aliphatic carbocycles. The van der Waals surface area contributed by atoms with Crippen molar-refractivity contribution in [3.63, 3.8) is 0 Å². The largest absolute Gasteiger partial charge is 0.497 e. The quantitative estimate of drug-likeness (QED) is 0.0800. The van der Waals surface area contributed by atoms with Gasteiger partial charge in [0.1, 0.15) is 28.7 Å². The summed E-state index contributed by atoms with van der Waals surface area (Å²) in [5, 5.41) is 0. The molecule has 540 valence electrons. The third-order valence-corrected chi connectivity index (χ3v) is 27.7. The monoisotopic (exact) mass is 1350 g/mol. The number of para-hydroxylation sites is 1. The zero-order chi connectivity index (χ0) is 68.5. The summed E-state index contributed by atoms with van der Waals surface area (Å²) >= 11 is 0. The first-order valence-corrected chi connectivity index (χ1v) is 40.5. The molecule has 8 bridgehead atoms. The van der Waals surface area contributed by atoms with Crippen molar-refractivity contribution in [3.05, 3.63) is 112 Å². The highest BCUT2D eigenvalue weighted by atomic mass is 16.5. The summed E-state index contributed by atoms with van der Waals surface area (Å²) in [4.78, 5) is 23.7. The number of ketones is 1. The molecule has 4 aliphatic heterocycles. The van der Waals surface area contributed by atoms with Crippen LogP contribution in [0.5, 0.6) is 28.7 Å². The fourth-order valence-electron chi connectivity index (χ4n) is 22.4. The van der Waals surface area contributed by atoms with Crippen LogP contribution in [0.15, 0.2) is 78.9 Å². The minimum atomic E-state index is 0.0379. The third-order valence-electron chi connectivity index (χ3n) is 27.7. The topological polar surface area (TPSA) is 76.2 Å². The van der Waals surface area contributed by atoms with Gasteiger partial charge in [0, 0.05) is 53.7 Å². The van der Waals surface area contributed by atoms with Crippen LogP contribution in [0.4, 0.5) is 0 Å². The first kappa shape index (κ1) is 72.3. The molecule has 16 rings (SSSR count). The Morgan fingerprint density at radius 3 is 1.28 bits per heavy atom. The number of nitrogens with zero attached hydrogens (tertiary/aromatic N) is 4. The van der Waals surface area contributed by atoms with Gasteiger partial charge in [0.05, 0.1) is 35.5 Å². The molecule has 0 radical (unpaired) electrons. The van der Waals surface area contributed by atoms with E-state index in [1.54, 1.807) is 35.5 Å². The van der Waals surface area contributed by atoms with Gasteiger partial charge in [-0.2, -0.15) is 0 Å². The van der Waals surface area contributed by atoms with Gasteiger partial charge in [0.25, 0.3) is 0 Å². The molecule has 8 saturated carbocycles. The molecular formula is C89H128N4O6. The summed E-state index contributed by atoms with van der Waals surface area (Å²) in [5.74, 6) is 23.1. The van der Waals surface area contributed by atoms with E-state index in [2.05, 4.69) is 106 Å². The molecule has 10 nitrogen and oxygen atoms in total. The zero-order valence-corrected chi connectivity index (χ0v) is 62.9. The lowest BCUT2D eigenvalue weighted by Crippen LogP contribution is -2.44. The molecule has 0 N–H and O–H groups in total. The van der Waals surface area contributed by atoms with Gasteiger partial charge in [-0.25, -0.2) is 0 Å². The van der Waals surface area contributed by atoms with Gasteiger partial charge in [-0.3, -0.25) is 4.79 Å². The van der Waals surface area contributed by atoms with E-state index in [1.807, 2.05) is 32.0 Å². The van der Waals surface area contributed by atoms with E-state index < -0.39 is 0 Å². The minimum Gasteiger partial charge on any atom is -0.497 e. The molecule has 4 heterocycles. The smallest absolute Gasteiger partial charge is 0.165 e. The van der Waals surface area contributed by atoms with Crippen LogP contribution in [0, 0.1) is 71.0 Å². The maximum atomic E-state index is 12.4.